The van der Waals surface area contributed by atoms with E-state index < -0.39 is 9.84 Å². The number of nitrogens with one attached hydrogen (secondary N) is 1. The van der Waals surface area contributed by atoms with Crippen molar-refractivity contribution in [2.75, 3.05) is 23.4 Å². The highest BCUT2D eigenvalue weighted by atomic mass is 32.2. The quantitative estimate of drug-likeness (QED) is 0.817. The number of ether oxygens (including phenoxy) is 1. The van der Waals surface area contributed by atoms with Crippen LogP contribution in [0.5, 0.6) is 5.88 Å². The Bertz CT molecular complexity index is 515. The van der Waals surface area contributed by atoms with Gasteiger partial charge in [-0.25, -0.2) is 13.4 Å². The first-order valence-corrected chi connectivity index (χ1v) is 8.11. The Labute approximate surface area is 114 Å². The average molecular weight is 287 g/mol. The first-order chi connectivity index (χ1) is 8.82. The molecule has 0 amide bonds. The molecule has 0 aromatic carbocycles. The van der Waals surface area contributed by atoms with Crippen LogP contribution in [0.2, 0.25) is 0 Å². The lowest BCUT2D eigenvalue weighted by Crippen LogP contribution is -2.18. The molecular weight excluding hydrogens is 266 g/mol. The molecule has 1 aromatic heterocycles. The van der Waals surface area contributed by atoms with Gasteiger partial charge in [-0.15, -0.1) is 0 Å². The zero-order valence-corrected chi connectivity index (χ0v) is 12.6. The van der Waals surface area contributed by atoms with Crippen molar-refractivity contribution in [3.05, 3.63) is 11.8 Å². The standard InChI is InChI=1S/C12H21N3O3S/c1-5-19(16,17)7-6-13-12-14-10(4)8-11(15-12)18-9(2)3/h8-9H,5-7H2,1-4H3,(H,13,14,15). The molecule has 0 saturated heterocycles. The van der Waals surface area contributed by atoms with Gasteiger partial charge < -0.3 is 10.1 Å². The van der Waals surface area contributed by atoms with Crippen LogP contribution in [0, 0.1) is 6.92 Å². The highest BCUT2D eigenvalue weighted by Crippen LogP contribution is 2.13. The Hall–Kier alpha value is -1.37. The number of hydrogen-bond donors (Lipinski definition) is 1. The van der Waals surface area contributed by atoms with E-state index in [9.17, 15) is 8.42 Å². The molecule has 0 aliphatic rings. The molecule has 6 nitrogen and oxygen atoms in total. The zero-order chi connectivity index (χ0) is 14.5. The molecule has 108 valence electrons. The first-order valence-electron chi connectivity index (χ1n) is 6.29. The Balaban J connectivity index is 2.66. The summed E-state index contributed by atoms with van der Waals surface area (Å²) in [5, 5.41) is 2.91. The predicted molar refractivity (Wildman–Crippen MR) is 75.4 cm³/mol. The number of hydrogen-bond acceptors (Lipinski definition) is 6. The van der Waals surface area contributed by atoms with E-state index in [0.29, 0.717) is 18.4 Å². The van der Waals surface area contributed by atoms with Crippen molar-refractivity contribution < 1.29 is 13.2 Å². The second-order valence-corrected chi connectivity index (χ2v) is 6.97. The van der Waals surface area contributed by atoms with Crippen LogP contribution in [0.15, 0.2) is 6.07 Å². The highest BCUT2D eigenvalue weighted by Gasteiger charge is 2.08. The maximum atomic E-state index is 11.4. The van der Waals surface area contributed by atoms with Crippen molar-refractivity contribution >= 4 is 15.8 Å². The van der Waals surface area contributed by atoms with Crippen molar-refractivity contribution in [3.63, 3.8) is 0 Å². The molecule has 1 N–H and O–H groups in total. The molecule has 1 aromatic rings. The van der Waals surface area contributed by atoms with E-state index in [1.807, 2.05) is 20.8 Å². The van der Waals surface area contributed by atoms with E-state index >= 15 is 0 Å². The SMILES string of the molecule is CCS(=O)(=O)CCNc1nc(C)cc(OC(C)C)n1. The maximum absolute atomic E-state index is 11.4. The fourth-order valence-corrected chi connectivity index (χ4v) is 2.09. The third kappa shape index (κ3) is 5.87. The lowest BCUT2D eigenvalue weighted by atomic mass is 10.4. The summed E-state index contributed by atoms with van der Waals surface area (Å²) in [7, 11) is -2.98. The highest BCUT2D eigenvalue weighted by molar-refractivity contribution is 7.91. The number of nitrogens with zero attached hydrogens (tertiary/aromatic N) is 2. The third-order valence-corrected chi connectivity index (χ3v) is 4.03. The van der Waals surface area contributed by atoms with Crippen molar-refractivity contribution in [1.29, 1.82) is 0 Å². The van der Waals surface area contributed by atoms with Gasteiger partial charge in [-0.05, 0) is 20.8 Å². The van der Waals surface area contributed by atoms with Crippen LogP contribution in [0.4, 0.5) is 5.95 Å². The molecule has 1 heterocycles. The van der Waals surface area contributed by atoms with Gasteiger partial charge in [0.25, 0.3) is 0 Å². The predicted octanol–water partition coefficient (Wildman–Crippen LogP) is 1.42. The number of aromatic nitrogens is 2. The van der Waals surface area contributed by atoms with Crippen LogP contribution >= 0.6 is 0 Å². The lowest BCUT2D eigenvalue weighted by molar-refractivity contribution is 0.232. The molecule has 0 saturated carbocycles. The molecule has 0 unspecified atom stereocenters. The number of rotatable bonds is 7. The third-order valence-electron chi connectivity index (χ3n) is 2.32. The topological polar surface area (TPSA) is 81.2 Å². The van der Waals surface area contributed by atoms with E-state index in [4.69, 9.17) is 4.74 Å². The molecule has 0 bridgehead atoms. The van der Waals surface area contributed by atoms with Crippen LogP contribution < -0.4 is 10.1 Å². The number of sulfone groups is 1. The molecule has 1 rings (SSSR count). The van der Waals surface area contributed by atoms with E-state index in [-0.39, 0.29) is 17.6 Å². The van der Waals surface area contributed by atoms with Gasteiger partial charge >= 0.3 is 0 Å². The summed E-state index contributed by atoms with van der Waals surface area (Å²) < 4.78 is 28.2. The van der Waals surface area contributed by atoms with Crippen LogP contribution in [-0.4, -0.2) is 42.5 Å². The summed E-state index contributed by atoms with van der Waals surface area (Å²) in [6.45, 7) is 7.59. The molecule has 0 aliphatic carbocycles. The normalized spacial score (nSPS) is 11.6. The van der Waals surface area contributed by atoms with Gasteiger partial charge in [-0.1, -0.05) is 6.92 Å². The van der Waals surface area contributed by atoms with Crippen molar-refractivity contribution in [3.8, 4) is 5.88 Å². The van der Waals surface area contributed by atoms with Gasteiger partial charge in [0, 0.05) is 24.1 Å². The molecule has 0 spiro atoms. The Morgan fingerprint density at radius 2 is 2.05 bits per heavy atom. The maximum Gasteiger partial charge on any atom is 0.226 e. The molecule has 0 fully saturated rings. The van der Waals surface area contributed by atoms with E-state index in [2.05, 4.69) is 15.3 Å². The minimum Gasteiger partial charge on any atom is -0.475 e. The molecule has 0 atom stereocenters. The van der Waals surface area contributed by atoms with Gasteiger partial charge in [0.1, 0.15) is 0 Å². The molecule has 0 aliphatic heterocycles. The van der Waals surface area contributed by atoms with Gasteiger partial charge in [0.15, 0.2) is 9.84 Å². The number of aryl methyl sites for hydroxylation is 1. The van der Waals surface area contributed by atoms with Gasteiger partial charge in [0.05, 0.1) is 11.9 Å². The van der Waals surface area contributed by atoms with E-state index in [1.54, 1.807) is 13.0 Å². The van der Waals surface area contributed by atoms with Gasteiger partial charge in [0.2, 0.25) is 11.8 Å². The van der Waals surface area contributed by atoms with E-state index in [0.717, 1.165) is 5.69 Å². The minimum absolute atomic E-state index is 0.0302. The number of anilines is 1. The lowest BCUT2D eigenvalue weighted by Gasteiger charge is -2.11. The first kappa shape index (κ1) is 15.7. The Kier molecular flexibility index (Phi) is 5.53. The largest absolute Gasteiger partial charge is 0.475 e. The summed E-state index contributed by atoms with van der Waals surface area (Å²) >= 11 is 0. The monoisotopic (exact) mass is 287 g/mol. The van der Waals surface area contributed by atoms with Crippen LogP contribution in [0.1, 0.15) is 26.5 Å². The fraction of sp³-hybridized carbons (Fsp3) is 0.667. The van der Waals surface area contributed by atoms with Crippen molar-refractivity contribution in [1.82, 2.24) is 9.97 Å². The Morgan fingerprint density at radius 1 is 1.37 bits per heavy atom. The van der Waals surface area contributed by atoms with Gasteiger partial charge in [-0.2, -0.15) is 4.98 Å². The van der Waals surface area contributed by atoms with Crippen LogP contribution in [0.25, 0.3) is 0 Å². The molecule has 7 heteroatoms. The molecular formula is C12H21N3O3S. The summed E-state index contributed by atoms with van der Waals surface area (Å²) in [5.41, 5.74) is 0.770. The van der Waals surface area contributed by atoms with E-state index in [1.165, 1.54) is 0 Å². The summed E-state index contributed by atoms with van der Waals surface area (Å²) in [6.07, 6.45) is 0.0302. The van der Waals surface area contributed by atoms with Crippen LogP contribution in [-0.2, 0) is 9.84 Å². The fourth-order valence-electron chi connectivity index (χ4n) is 1.38. The van der Waals surface area contributed by atoms with Crippen molar-refractivity contribution in [2.45, 2.75) is 33.8 Å². The van der Waals surface area contributed by atoms with Gasteiger partial charge in [-0.3, -0.25) is 0 Å². The second kappa shape index (κ2) is 6.70. The minimum atomic E-state index is -2.98. The summed E-state index contributed by atoms with van der Waals surface area (Å²) in [5.74, 6) is 1.09. The van der Waals surface area contributed by atoms with Crippen molar-refractivity contribution in [2.24, 2.45) is 0 Å². The summed E-state index contributed by atoms with van der Waals surface area (Å²) in [4.78, 5) is 8.37. The smallest absolute Gasteiger partial charge is 0.226 e. The molecule has 0 radical (unpaired) electrons. The Morgan fingerprint density at radius 3 is 2.63 bits per heavy atom. The zero-order valence-electron chi connectivity index (χ0n) is 11.8. The average Bonchev–Trinajstić information content (AvgIpc) is 2.27. The summed E-state index contributed by atoms with van der Waals surface area (Å²) in [6, 6.07) is 1.74. The second-order valence-electron chi connectivity index (χ2n) is 4.50. The molecule has 19 heavy (non-hydrogen) atoms. The van der Waals surface area contributed by atoms with Crippen LogP contribution in [0.3, 0.4) is 0 Å².